The summed E-state index contributed by atoms with van der Waals surface area (Å²) in [6.07, 6.45) is 0.980. The van der Waals surface area contributed by atoms with Crippen molar-refractivity contribution in [1.82, 2.24) is 9.80 Å². The molecule has 2 rings (SSSR count). The Hall–Kier alpha value is -1.88. The summed E-state index contributed by atoms with van der Waals surface area (Å²) in [5.74, 6) is 0.109. The molecule has 1 heterocycles. The fraction of sp³-hybridized carbons (Fsp3) is 0.529. The van der Waals surface area contributed by atoms with Gasteiger partial charge in [-0.1, -0.05) is 19.9 Å². The van der Waals surface area contributed by atoms with Gasteiger partial charge in [0.25, 0.3) is 5.91 Å². The summed E-state index contributed by atoms with van der Waals surface area (Å²) in [5, 5.41) is 0. The van der Waals surface area contributed by atoms with Gasteiger partial charge in [0.2, 0.25) is 5.91 Å². The lowest BCUT2D eigenvalue weighted by atomic mass is 10.1. The van der Waals surface area contributed by atoms with E-state index in [0.717, 1.165) is 39.1 Å². The van der Waals surface area contributed by atoms with Crippen LogP contribution in [-0.4, -0.2) is 54.3 Å². The van der Waals surface area contributed by atoms with Crippen molar-refractivity contribution < 1.29 is 9.59 Å². The Morgan fingerprint density at radius 3 is 2.55 bits per heavy atom. The lowest BCUT2D eigenvalue weighted by Gasteiger charge is -2.23. The van der Waals surface area contributed by atoms with Crippen LogP contribution in [0, 0.1) is 5.92 Å². The number of nitrogens with zero attached hydrogens (tertiary/aromatic N) is 2. The Bertz CT molecular complexity index is 542. The Morgan fingerprint density at radius 1 is 1.14 bits per heavy atom. The predicted octanol–water partition coefficient (Wildman–Crippen LogP) is 1.59. The minimum atomic E-state index is -0.506. The van der Waals surface area contributed by atoms with Crippen LogP contribution in [0.3, 0.4) is 0 Å². The van der Waals surface area contributed by atoms with Crippen LogP contribution in [0.2, 0.25) is 0 Å². The van der Waals surface area contributed by atoms with Crippen molar-refractivity contribution in [3.8, 4) is 0 Å². The van der Waals surface area contributed by atoms with Crippen LogP contribution in [0.1, 0.15) is 41.0 Å². The SMILES string of the molecule is CC(C)CN1CCCN(C(=O)c2cccc(C(N)=O)c2)CC1. The third kappa shape index (κ3) is 4.31. The molecule has 0 atom stereocenters. The number of benzene rings is 1. The zero-order valence-corrected chi connectivity index (χ0v) is 13.4. The molecule has 2 N–H and O–H groups in total. The summed E-state index contributed by atoms with van der Waals surface area (Å²) in [5.41, 5.74) is 6.19. The lowest BCUT2D eigenvalue weighted by molar-refractivity contribution is 0.0761. The van der Waals surface area contributed by atoms with E-state index in [1.54, 1.807) is 24.3 Å². The molecule has 0 saturated carbocycles. The van der Waals surface area contributed by atoms with E-state index in [4.69, 9.17) is 5.73 Å². The van der Waals surface area contributed by atoms with E-state index in [0.29, 0.717) is 17.0 Å². The van der Waals surface area contributed by atoms with Crippen molar-refractivity contribution in [2.45, 2.75) is 20.3 Å². The second-order valence-corrected chi connectivity index (χ2v) is 6.29. The maximum atomic E-state index is 12.6. The largest absolute Gasteiger partial charge is 0.366 e. The van der Waals surface area contributed by atoms with Crippen LogP contribution in [0.15, 0.2) is 24.3 Å². The summed E-state index contributed by atoms with van der Waals surface area (Å²) in [4.78, 5) is 28.1. The summed E-state index contributed by atoms with van der Waals surface area (Å²) < 4.78 is 0. The highest BCUT2D eigenvalue weighted by atomic mass is 16.2. The van der Waals surface area contributed by atoms with Gasteiger partial charge in [-0.25, -0.2) is 0 Å². The molecule has 5 nitrogen and oxygen atoms in total. The Balaban J connectivity index is 2.03. The molecular formula is C17H25N3O2. The predicted molar refractivity (Wildman–Crippen MR) is 86.8 cm³/mol. The standard InChI is InChI=1S/C17H25N3O2/c1-13(2)12-19-7-4-8-20(10-9-19)17(22)15-6-3-5-14(11-15)16(18)21/h3,5-6,11,13H,4,7-10,12H2,1-2H3,(H2,18,21). The van der Waals surface area contributed by atoms with Crippen molar-refractivity contribution in [1.29, 1.82) is 0 Å². The molecule has 1 saturated heterocycles. The number of amides is 2. The quantitative estimate of drug-likeness (QED) is 0.918. The molecule has 1 fully saturated rings. The molecule has 1 aromatic rings. The minimum Gasteiger partial charge on any atom is -0.366 e. The molecule has 1 aromatic carbocycles. The highest BCUT2D eigenvalue weighted by molar-refractivity contribution is 5.99. The van der Waals surface area contributed by atoms with Crippen LogP contribution in [0.5, 0.6) is 0 Å². The summed E-state index contributed by atoms with van der Waals surface area (Å²) in [7, 11) is 0. The van der Waals surface area contributed by atoms with Crippen molar-refractivity contribution in [3.05, 3.63) is 35.4 Å². The van der Waals surface area contributed by atoms with E-state index in [-0.39, 0.29) is 5.91 Å². The Morgan fingerprint density at radius 2 is 1.86 bits per heavy atom. The normalized spacial score (nSPS) is 16.6. The Labute approximate surface area is 132 Å². The molecule has 0 aliphatic carbocycles. The van der Waals surface area contributed by atoms with Gasteiger partial charge < -0.3 is 15.5 Å². The van der Waals surface area contributed by atoms with Crippen LogP contribution < -0.4 is 5.73 Å². The molecule has 0 bridgehead atoms. The number of carbonyl (C=O) groups is 2. The zero-order valence-electron chi connectivity index (χ0n) is 13.4. The first-order valence-electron chi connectivity index (χ1n) is 7.89. The van der Waals surface area contributed by atoms with Gasteiger partial charge in [-0.05, 0) is 37.1 Å². The number of hydrogen-bond donors (Lipinski definition) is 1. The zero-order chi connectivity index (χ0) is 16.1. The topological polar surface area (TPSA) is 66.6 Å². The highest BCUT2D eigenvalue weighted by Gasteiger charge is 2.21. The van der Waals surface area contributed by atoms with Crippen LogP contribution in [0.25, 0.3) is 0 Å². The maximum Gasteiger partial charge on any atom is 0.253 e. The molecule has 0 unspecified atom stereocenters. The van der Waals surface area contributed by atoms with Gasteiger partial charge in [-0.2, -0.15) is 0 Å². The second kappa shape index (κ2) is 7.40. The number of rotatable bonds is 4. The molecule has 0 aromatic heterocycles. The van der Waals surface area contributed by atoms with E-state index in [1.165, 1.54) is 0 Å². The number of nitrogens with two attached hydrogens (primary N) is 1. The molecule has 2 amide bonds. The lowest BCUT2D eigenvalue weighted by Crippen LogP contribution is -2.36. The van der Waals surface area contributed by atoms with Crippen LogP contribution in [0.4, 0.5) is 0 Å². The molecule has 1 aliphatic rings. The van der Waals surface area contributed by atoms with Gasteiger partial charge >= 0.3 is 0 Å². The maximum absolute atomic E-state index is 12.6. The number of carbonyl (C=O) groups excluding carboxylic acids is 2. The average Bonchev–Trinajstić information content (AvgIpc) is 2.71. The number of primary amides is 1. The summed E-state index contributed by atoms with van der Waals surface area (Å²) in [6.45, 7) is 8.91. The average molecular weight is 303 g/mol. The van der Waals surface area contributed by atoms with E-state index in [9.17, 15) is 9.59 Å². The van der Waals surface area contributed by atoms with Crippen LogP contribution in [-0.2, 0) is 0 Å². The minimum absolute atomic E-state index is 0.0190. The first-order valence-corrected chi connectivity index (χ1v) is 7.89. The van der Waals surface area contributed by atoms with Gasteiger partial charge in [0.15, 0.2) is 0 Å². The molecule has 0 radical (unpaired) electrons. The first-order chi connectivity index (χ1) is 10.5. The monoisotopic (exact) mass is 303 g/mol. The fourth-order valence-electron chi connectivity index (χ4n) is 2.86. The van der Waals surface area contributed by atoms with Gasteiger partial charge in [-0.15, -0.1) is 0 Å². The molecule has 22 heavy (non-hydrogen) atoms. The molecule has 120 valence electrons. The van der Waals surface area contributed by atoms with E-state index >= 15 is 0 Å². The summed E-state index contributed by atoms with van der Waals surface area (Å²) in [6, 6.07) is 6.66. The molecule has 1 aliphatic heterocycles. The van der Waals surface area contributed by atoms with Crippen molar-refractivity contribution in [3.63, 3.8) is 0 Å². The third-order valence-corrected chi connectivity index (χ3v) is 3.89. The molecular weight excluding hydrogens is 278 g/mol. The third-order valence-electron chi connectivity index (χ3n) is 3.89. The van der Waals surface area contributed by atoms with E-state index < -0.39 is 5.91 Å². The second-order valence-electron chi connectivity index (χ2n) is 6.29. The van der Waals surface area contributed by atoms with Gasteiger partial charge in [0.1, 0.15) is 0 Å². The summed E-state index contributed by atoms with van der Waals surface area (Å²) >= 11 is 0. The highest BCUT2D eigenvalue weighted by Crippen LogP contribution is 2.12. The molecule has 0 spiro atoms. The van der Waals surface area contributed by atoms with E-state index in [2.05, 4.69) is 18.7 Å². The molecule has 5 heteroatoms. The van der Waals surface area contributed by atoms with Gasteiger partial charge in [0.05, 0.1) is 0 Å². The Kier molecular flexibility index (Phi) is 5.55. The van der Waals surface area contributed by atoms with Crippen molar-refractivity contribution >= 4 is 11.8 Å². The van der Waals surface area contributed by atoms with Crippen LogP contribution >= 0.6 is 0 Å². The van der Waals surface area contributed by atoms with Gasteiger partial charge in [0, 0.05) is 37.3 Å². The van der Waals surface area contributed by atoms with Crippen molar-refractivity contribution in [2.75, 3.05) is 32.7 Å². The van der Waals surface area contributed by atoms with Gasteiger partial charge in [-0.3, -0.25) is 9.59 Å². The first kappa shape index (κ1) is 16.5. The van der Waals surface area contributed by atoms with Crippen molar-refractivity contribution in [2.24, 2.45) is 11.7 Å². The van der Waals surface area contributed by atoms with E-state index in [1.807, 2.05) is 4.90 Å². The number of hydrogen-bond acceptors (Lipinski definition) is 3. The smallest absolute Gasteiger partial charge is 0.253 e. The fourth-order valence-corrected chi connectivity index (χ4v) is 2.86.